The number of nitrogens with zero attached hydrogens (tertiary/aromatic N) is 2. The number of thiol groups is 1. The van der Waals surface area contributed by atoms with Crippen molar-refractivity contribution >= 4 is 40.3 Å². The minimum absolute atomic E-state index is 0.0807. The molecule has 1 saturated heterocycles. The van der Waals surface area contributed by atoms with Crippen LogP contribution in [0.5, 0.6) is 5.75 Å². The van der Waals surface area contributed by atoms with E-state index in [2.05, 4.69) is 33.5 Å². The van der Waals surface area contributed by atoms with Crippen molar-refractivity contribution in [3.05, 3.63) is 16.7 Å². The van der Waals surface area contributed by atoms with Crippen molar-refractivity contribution in [3.63, 3.8) is 0 Å². The lowest BCUT2D eigenvalue weighted by Crippen LogP contribution is -2.26. The Bertz CT molecular complexity index is 441. The second-order valence-corrected chi connectivity index (χ2v) is 5.22. The van der Waals surface area contributed by atoms with Crippen LogP contribution >= 0.6 is 28.6 Å². The summed E-state index contributed by atoms with van der Waals surface area (Å²) < 4.78 is 6.08. The van der Waals surface area contributed by atoms with Gasteiger partial charge in [-0.1, -0.05) is 0 Å². The number of pyridine rings is 1. The lowest BCUT2D eigenvalue weighted by atomic mass is 10.1. The number of rotatable bonds is 3. The van der Waals surface area contributed by atoms with Crippen molar-refractivity contribution in [3.8, 4) is 5.75 Å². The molecule has 0 aliphatic carbocycles. The molecule has 0 bridgehead atoms. The molecule has 1 aromatic heterocycles. The third-order valence-electron chi connectivity index (χ3n) is 2.74. The summed E-state index contributed by atoms with van der Waals surface area (Å²) in [5.41, 5.74) is 0. The molecule has 0 aromatic carbocycles. The smallest absolute Gasteiger partial charge is 0.228 e. The van der Waals surface area contributed by atoms with Crippen LogP contribution in [-0.4, -0.2) is 30.3 Å². The van der Waals surface area contributed by atoms with E-state index < -0.39 is 0 Å². The maximum absolute atomic E-state index is 11.9. The molecule has 1 fully saturated rings. The van der Waals surface area contributed by atoms with Crippen molar-refractivity contribution < 1.29 is 9.53 Å². The van der Waals surface area contributed by atoms with E-state index in [4.69, 9.17) is 4.74 Å². The summed E-state index contributed by atoms with van der Waals surface area (Å²) in [5.74, 6) is 2.27. The maximum Gasteiger partial charge on any atom is 0.228 e. The minimum Gasteiger partial charge on any atom is -0.493 e. The van der Waals surface area contributed by atoms with E-state index in [1.165, 1.54) is 0 Å². The largest absolute Gasteiger partial charge is 0.493 e. The van der Waals surface area contributed by atoms with Gasteiger partial charge in [-0.15, -0.1) is 0 Å². The van der Waals surface area contributed by atoms with Gasteiger partial charge in [-0.05, 0) is 33.7 Å². The van der Waals surface area contributed by atoms with Gasteiger partial charge >= 0.3 is 0 Å². The van der Waals surface area contributed by atoms with Crippen LogP contribution < -0.4 is 9.64 Å². The van der Waals surface area contributed by atoms with E-state index >= 15 is 0 Å². The minimum atomic E-state index is 0.0807. The number of hydrogen-bond donors (Lipinski definition) is 1. The first kappa shape index (κ1) is 12.7. The predicted octanol–water partition coefficient (Wildman–Crippen LogP) is 2.14. The van der Waals surface area contributed by atoms with Gasteiger partial charge in [-0.25, -0.2) is 4.98 Å². The lowest BCUT2D eigenvalue weighted by Gasteiger charge is -2.18. The Morgan fingerprint density at radius 2 is 2.47 bits per heavy atom. The summed E-state index contributed by atoms with van der Waals surface area (Å²) >= 11 is 7.56. The van der Waals surface area contributed by atoms with Crippen LogP contribution in [0.3, 0.4) is 0 Å². The van der Waals surface area contributed by atoms with E-state index in [-0.39, 0.29) is 5.91 Å². The first-order valence-corrected chi connectivity index (χ1v) is 6.69. The van der Waals surface area contributed by atoms with Crippen LogP contribution in [0.1, 0.15) is 6.42 Å². The number of amides is 1. The van der Waals surface area contributed by atoms with Crippen LogP contribution in [0.25, 0.3) is 0 Å². The SMILES string of the molecule is COc1cc(Br)cnc1N1CC(CS)CC1=O. The molecule has 0 radical (unpaired) electrons. The van der Waals surface area contributed by atoms with Crippen LogP contribution in [0.2, 0.25) is 0 Å². The number of halogens is 1. The number of carbonyl (C=O) groups excluding carboxylic acids is 1. The zero-order valence-corrected chi connectivity index (χ0v) is 11.9. The molecule has 1 unspecified atom stereocenters. The van der Waals surface area contributed by atoms with Crippen LogP contribution in [-0.2, 0) is 4.79 Å². The molecule has 0 N–H and O–H groups in total. The standard InChI is InChI=1S/C11H13BrN2O2S/c1-16-9-3-8(12)4-13-11(9)14-5-7(6-17)2-10(14)15/h3-4,7,17H,2,5-6H2,1H3. The monoisotopic (exact) mass is 316 g/mol. The number of ether oxygens (including phenoxy) is 1. The quantitative estimate of drug-likeness (QED) is 0.869. The van der Waals surface area contributed by atoms with Gasteiger partial charge in [0.05, 0.1) is 7.11 Å². The summed E-state index contributed by atoms with van der Waals surface area (Å²) in [7, 11) is 1.57. The average molecular weight is 317 g/mol. The predicted molar refractivity (Wildman–Crippen MR) is 72.8 cm³/mol. The Morgan fingerprint density at radius 3 is 3.06 bits per heavy atom. The molecule has 1 aliphatic rings. The molecular weight excluding hydrogens is 304 g/mol. The number of methoxy groups -OCH3 is 1. The Hall–Kier alpha value is -0.750. The fourth-order valence-corrected chi connectivity index (χ4v) is 2.43. The fraction of sp³-hybridized carbons (Fsp3) is 0.455. The normalized spacial score (nSPS) is 19.8. The van der Waals surface area contributed by atoms with Crippen molar-refractivity contribution in [2.24, 2.45) is 5.92 Å². The van der Waals surface area contributed by atoms with E-state index in [0.29, 0.717) is 36.2 Å². The third kappa shape index (κ3) is 2.57. The highest BCUT2D eigenvalue weighted by Crippen LogP contribution is 2.32. The summed E-state index contributed by atoms with van der Waals surface area (Å²) in [6.07, 6.45) is 2.20. The topological polar surface area (TPSA) is 42.4 Å². The summed E-state index contributed by atoms with van der Waals surface area (Å²) in [6.45, 7) is 0.660. The second kappa shape index (κ2) is 5.27. The van der Waals surface area contributed by atoms with Crippen molar-refractivity contribution in [1.29, 1.82) is 0 Å². The Labute approximate surface area is 114 Å². The number of carbonyl (C=O) groups is 1. The first-order chi connectivity index (χ1) is 8.15. The van der Waals surface area contributed by atoms with Gasteiger partial charge in [0.2, 0.25) is 5.91 Å². The lowest BCUT2D eigenvalue weighted by molar-refractivity contribution is -0.117. The number of aromatic nitrogens is 1. The Kier molecular flexibility index (Phi) is 3.93. The van der Waals surface area contributed by atoms with E-state index in [9.17, 15) is 4.79 Å². The highest BCUT2D eigenvalue weighted by molar-refractivity contribution is 9.10. The zero-order chi connectivity index (χ0) is 12.4. The van der Waals surface area contributed by atoms with Gasteiger partial charge in [0.15, 0.2) is 11.6 Å². The van der Waals surface area contributed by atoms with Crippen LogP contribution in [0, 0.1) is 5.92 Å². The van der Waals surface area contributed by atoms with E-state index in [1.807, 2.05) is 6.07 Å². The van der Waals surface area contributed by atoms with Gasteiger partial charge in [-0.3, -0.25) is 9.69 Å². The van der Waals surface area contributed by atoms with Gasteiger partial charge < -0.3 is 4.74 Å². The van der Waals surface area contributed by atoms with Crippen LogP contribution in [0.4, 0.5) is 5.82 Å². The third-order valence-corrected chi connectivity index (χ3v) is 3.69. The molecule has 1 aromatic rings. The summed E-state index contributed by atoms with van der Waals surface area (Å²) in [6, 6.07) is 1.81. The van der Waals surface area contributed by atoms with Gasteiger partial charge in [0, 0.05) is 23.6 Å². The average Bonchev–Trinajstić information content (AvgIpc) is 2.70. The molecule has 17 heavy (non-hydrogen) atoms. The number of hydrogen-bond acceptors (Lipinski definition) is 4. The summed E-state index contributed by atoms with van der Waals surface area (Å²) in [5, 5.41) is 0. The van der Waals surface area contributed by atoms with Crippen molar-refractivity contribution in [2.45, 2.75) is 6.42 Å². The molecule has 4 nitrogen and oxygen atoms in total. The second-order valence-electron chi connectivity index (χ2n) is 3.94. The maximum atomic E-state index is 11.9. The Balaban J connectivity index is 2.31. The van der Waals surface area contributed by atoms with Gasteiger partial charge in [-0.2, -0.15) is 12.6 Å². The molecule has 1 amide bonds. The molecule has 2 rings (SSSR count). The van der Waals surface area contributed by atoms with E-state index in [0.717, 1.165) is 4.47 Å². The molecule has 6 heteroatoms. The molecular formula is C11H13BrN2O2S. The fourth-order valence-electron chi connectivity index (χ4n) is 1.87. The molecule has 1 aliphatic heterocycles. The van der Waals surface area contributed by atoms with Gasteiger partial charge in [0.1, 0.15) is 0 Å². The van der Waals surface area contributed by atoms with E-state index in [1.54, 1.807) is 18.2 Å². The molecule has 0 spiro atoms. The van der Waals surface area contributed by atoms with Crippen molar-refractivity contribution in [1.82, 2.24) is 4.98 Å². The highest BCUT2D eigenvalue weighted by Gasteiger charge is 2.32. The number of anilines is 1. The zero-order valence-electron chi connectivity index (χ0n) is 9.39. The molecule has 2 heterocycles. The van der Waals surface area contributed by atoms with Crippen molar-refractivity contribution in [2.75, 3.05) is 24.3 Å². The van der Waals surface area contributed by atoms with Crippen LogP contribution in [0.15, 0.2) is 16.7 Å². The first-order valence-electron chi connectivity index (χ1n) is 5.26. The highest BCUT2D eigenvalue weighted by atomic mass is 79.9. The Morgan fingerprint density at radius 1 is 1.71 bits per heavy atom. The molecule has 92 valence electrons. The molecule has 1 atom stereocenters. The summed E-state index contributed by atoms with van der Waals surface area (Å²) in [4.78, 5) is 17.8. The molecule has 0 saturated carbocycles. The van der Waals surface area contributed by atoms with Gasteiger partial charge in [0.25, 0.3) is 0 Å².